The molecule has 1 fully saturated rings. The molecule has 156 valence electrons. The molecule has 3 aromatic rings. The van der Waals surface area contributed by atoms with Gasteiger partial charge in [0, 0.05) is 40.8 Å². The van der Waals surface area contributed by atoms with E-state index in [9.17, 15) is 9.90 Å². The van der Waals surface area contributed by atoms with Gasteiger partial charge in [-0.1, -0.05) is 30.0 Å². The van der Waals surface area contributed by atoms with Crippen molar-refractivity contribution in [3.63, 3.8) is 0 Å². The van der Waals surface area contributed by atoms with Crippen LogP contribution in [0.4, 0.5) is 5.69 Å². The number of aliphatic hydroxyl groups excluding tert-OH is 1. The van der Waals surface area contributed by atoms with Gasteiger partial charge in [-0.15, -0.1) is 0 Å². The Hall–Kier alpha value is -2.61. The first kappa shape index (κ1) is 20.7. The van der Waals surface area contributed by atoms with E-state index in [1.54, 1.807) is 22.6 Å². The summed E-state index contributed by atoms with van der Waals surface area (Å²) in [5.41, 5.74) is 2.86. The first-order chi connectivity index (χ1) is 14.7. The molecule has 0 spiro atoms. The Morgan fingerprint density at radius 1 is 1.13 bits per heavy atom. The third-order valence-corrected chi connectivity index (χ3v) is 6.11. The highest BCUT2D eigenvalue weighted by atomic mass is 32.2. The van der Waals surface area contributed by atoms with Crippen molar-refractivity contribution in [2.24, 2.45) is 5.92 Å². The van der Waals surface area contributed by atoms with Crippen molar-refractivity contribution < 1.29 is 14.6 Å². The summed E-state index contributed by atoms with van der Waals surface area (Å²) in [6.45, 7) is 1.85. The van der Waals surface area contributed by atoms with E-state index in [4.69, 9.17) is 4.74 Å². The molecule has 30 heavy (non-hydrogen) atoms. The molecule has 7 heteroatoms. The molecule has 4 rings (SSSR count). The maximum absolute atomic E-state index is 12.5. The van der Waals surface area contributed by atoms with Crippen LogP contribution < -0.4 is 5.32 Å². The molecule has 0 radical (unpaired) electrons. The minimum atomic E-state index is 0.0295. The Bertz CT molecular complexity index is 981. The molecule has 2 heterocycles. The molecule has 1 aliphatic rings. The van der Waals surface area contributed by atoms with E-state index in [1.807, 2.05) is 30.3 Å². The van der Waals surface area contributed by atoms with Crippen molar-refractivity contribution in [2.75, 3.05) is 25.1 Å². The minimum Gasteiger partial charge on any atom is -0.394 e. The standard InChI is InChI=1S/C23H25N3O3S/c27-13-12-26-22(8-11-24-26)17-4-6-20(7-5-17)30-21-3-1-2-19(16-21)25-23(28)18-9-14-29-15-10-18/h1-8,11,16,18,27H,9-10,12-15H2,(H,25,28). The van der Waals surface area contributed by atoms with Crippen LogP contribution in [0.5, 0.6) is 0 Å². The number of carbonyl (C=O) groups excluding carboxylic acids is 1. The molecule has 2 aromatic carbocycles. The predicted molar refractivity (Wildman–Crippen MR) is 117 cm³/mol. The highest BCUT2D eigenvalue weighted by molar-refractivity contribution is 7.99. The largest absolute Gasteiger partial charge is 0.394 e. The maximum atomic E-state index is 12.5. The van der Waals surface area contributed by atoms with Crippen LogP contribution in [-0.2, 0) is 16.1 Å². The summed E-state index contributed by atoms with van der Waals surface area (Å²) < 4.78 is 7.14. The summed E-state index contributed by atoms with van der Waals surface area (Å²) in [6.07, 6.45) is 3.31. The number of carbonyl (C=O) groups is 1. The van der Waals surface area contributed by atoms with Gasteiger partial charge < -0.3 is 15.2 Å². The molecule has 1 amide bonds. The number of nitrogens with one attached hydrogen (secondary N) is 1. The van der Waals surface area contributed by atoms with Gasteiger partial charge in [-0.2, -0.15) is 5.10 Å². The third kappa shape index (κ3) is 5.11. The van der Waals surface area contributed by atoms with Crippen molar-refractivity contribution in [1.82, 2.24) is 9.78 Å². The summed E-state index contributed by atoms with van der Waals surface area (Å²) in [5.74, 6) is 0.103. The second kappa shape index (κ2) is 9.93. The van der Waals surface area contributed by atoms with Gasteiger partial charge in [0.25, 0.3) is 0 Å². The number of hydrogen-bond acceptors (Lipinski definition) is 5. The molecule has 1 saturated heterocycles. The molecule has 0 bridgehead atoms. The SMILES string of the molecule is O=C(Nc1cccc(Sc2ccc(-c3ccnn3CCO)cc2)c1)C1CCOCC1. The Balaban J connectivity index is 1.41. The van der Waals surface area contributed by atoms with E-state index in [0.29, 0.717) is 19.8 Å². The zero-order valence-corrected chi connectivity index (χ0v) is 17.5. The molecule has 6 nitrogen and oxygen atoms in total. The zero-order valence-electron chi connectivity index (χ0n) is 16.7. The van der Waals surface area contributed by atoms with Gasteiger partial charge in [-0.3, -0.25) is 9.48 Å². The number of amides is 1. The van der Waals surface area contributed by atoms with Crippen LogP contribution in [0, 0.1) is 5.92 Å². The van der Waals surface area contributed by atoms with Crippen molar-refractivity contribution >= 4 is 23.4 Å². The first-order valence-electron chi connectivity index (χ1n) is 10.1. The van der Waals surface area contributed by atoms with Crippen LogP contribution in [0.3, 0.4) is 0 Å². The number of ether oxygens (including phenoxy) is 1. The van der Waals surface area contributed by atoms with Gasteiger partial charge in [0.1, 0.15) is 0 Å². The highest BCUT2D eigenvalue weighted by Gasteiger charge is 2.21. The van der Waals surface area contributed by atoms with Gasteiger partial charge in [-0.25, -0.2) is 0 Å². The number of benzene rings is 2. The van der Waals surface area contributed by atoms with Crippen molar-refractivity contribution in [3.8, 4) is 11.3 Å². The number of rotatable bonds is 7. The molecular formula is C23H25N3O3S. The number of aromatic nitrogens is 2. The van der Waals surface area contributed by atoms with Gasteiger partial charge in [-0.05, 0) is 54.8 Å². The fourth-order valence-corrected chi connectivity index (χ4v) is 4.40. The van der Waals surface area contributed by atoms with Crippen LogP contribution in [0.25, 0.3) is 11.3 Å². The lowest BCUT2D eigenvalue weighted by atomic mass is 9.99. The number of hydrogen-bond donors (Lipinski definition) is 2. The van der Waals surface area contributed by atoms with Crippen LogP contribution in [-0.4, -0.2) is 40.6 Å². The van der Waals surface area contributed by atoms with Gasteiger partial charge in [0.05, 0.1) is 18.8 Å². The molecule has 0 aliphatic carbocycles. The zero-order chi connectivity index (χ0) is 20.8. The van der Waals surface area contributed by atoms with Gasteiger partial charge >= 0.3 is 0 Å². The van der Waals surface area contributed by atoms with Crippen LogP contribution >= 0.6 is 11.8 Å². The second-order valence-electron chi connectivity index (χ2n) is 7.19. The number of anilines is 1. The first-order valence-corrected chi connectivity index (χ1v) is 10.9. The Morgan fingerprint density at radius 3 is 2.70 bits per heavy atom. The Kier molecular flexibility index (Phi) is 6.84. The molecule has 2 N–H and O–H groups in total. The van der Waals surface area contributed by atoms with E-state index in [0.717, 1.165) is 39.6 Å². The molecular weight excluding hydrogens is 398 g/mol. The van der Waals surface area contributed by atoms with Crippen LogP contribution in [0.2, 0.25) is 0 Å². The average Bonchev–Trinajstić information content (AvgIpc) is 3.24. The highest BCUT2D eigenvalue weighted by Crippen LogP contribution is 2.31. The minimum absolute atomic E-state index is 0.0295. The lowest BCUT2D eigenvalue weighted by Gasteiger charge is -2.21. The monoisotopic (exact) mass is 423 g/mol. The van der Waals surface area contributed by atoms with Crippen LogP contribution in [0.15, 0.2) is 70.6 Å². The fraction of sp³-hybridized carbons (Fsp3) is 0.304. The summed E-state index contributed by atoms with van der Waals surface area (Å²) in [6, 6.07) is 18.1. The topological polar surface area (TPSA) is 76.4 Å². The smallest absolute Gasteiger partial charge is 0.227 e. The van der Waals surface area contributed by atoms with Gasteiger partial charge in [0.2, 0.25) is 5.91 Å². The lowest BCUT2D eigenvalue weighted by Crippen LogP contribution is -2.28. The van der Waals surface area contributed by atoms with E-state index in [1.165, 1.54) is 0 Å². The number of nitrogens with zero attached hydrogens (tertiary/aromatic N) is 2. The molecule has 1 aromatic heterocycles. The van der Waals surface area contributed by atoms with E-state index in [2.05, 4.69) is 34.7 Å². The normalized spacial score (nSPS) is 14.6. The number of aliphatic hydroxyl groups is 1. The summed E-state index contributed by atoms with van der Waals surface area (Å²) in [5, 5.41) is 16.5. The summed E-state index contributed by atoms with van der Waals surface area (Å²) in [7, 11) is 0. The molecule has 0 atom stereocenters. The maximum Gasteiger partial charge on any atom is 0.227 e. The van der Waals surface area contributed by atoms with Crippen molar-refractivity contribution in [2.45, 2.75) is 29.2 Å². The lowest BCUT2D eigenvalue weighted by molar-refractivity contribution is -0.122. The van der Waals surface area contributed by atoms with Gasteiger partial charge in [0.15, 0.2) is 0 Å². The quantitative estimate of drug-likeness (QED) is 0.599. The Labute approximate surface area is 180 Å². The average molecular weight is 424 g/mol. The predicted octanol–water partition coefficient (Wildman–Crippen LogP) is 4.06. The molecule has 0 unspecified atom stereocenters. The summed E-state index contributed by atoms with van der Waals surface area (Å²) >= 11 is 1.65. The molecule has 0 saturated carbocycles. The Morgan fingerprint density at radius 2 is 1.93 bits per heavy atom. The molecule has 1 aliphatic heterocycles. The van der Waals surface area contributed by atoms with Crippen molar-refractivity contribution in [1.29, 1.82) is 0 Å². The fourth-order valence-electron chi connectivity index (χ4n) is 3.52. The van der Waals surface area contributed by atoms with E-state index in [-0.39, 0.29) is 18.4 Å². The van der Waals surface area contributed by atoms with E-state index >= 15 is 0 Å². The van der Waals surface area contributed by atoms with E-state index < -0.39 is 0 Å². The third-order valence-electron chi connectivity index (χ3n) is 5.11. The van der Waals surface area contributed by atoms with Crippen LogP contribution in [0.1, 0.15) is 12.8 Å². The summed E-state index contributed by atoms with van der Waals surface area (Å²) in [4.78, 5) is 14.6. The second-order valence-corrected chi connectivity index (χ2v) is 8.34. The van der Waals surface area contributed by atoms with Crippen molar-refractivity contribution in [3.05, 3.63) is 60.8 Å².